The predicted molar refractivity (Wildman–Crippen MR) is 161 cm³/mol. The van der Waals surface area contributed by atoms with E-state index in [9.17, 15) is 27.6 Å². The van der Waals surface area contributed by atoms with Gasteiger partial charge in [-0.1, -0.05) is 29.8 Å². The summed E-state index contributed by atoms with van der Waals surface area (Å²) in [6, 6.07) is 9.55. The van der Waals surface area contributed by atoms with Crippen LogP contribution >= 0.6 is 0 Å². The number of likely N-dealkylation sites (tertiary alicyclic amines) is 2. The third-order valence-electron chi connectivity index (χ3n) is 9.20. The fourth-order valence-corrected chi connectivity index (χ4v) is 6.81. The number of nitrogens with one attached hydrogen (secondary N) is 1. The average molecular weight is 612 g/mol. The first-order valence-electron chi connectivity index (χ1n) is 15.4. The zero-order valence-electron chi connectivity index (χ0n) is 25.5. The van der Waals surface area contributed by atoms with Crippen molar-refractivity contribution in [1.29, 1.82) is 0 Å². The molecule has 1 saturated carbocycles. The van der Waals surface area contributed by atoms with E-state index in [-0.39, 0.29) is 41.3 Å². The molecule has 0 radical (unpaired) electrons. The second-order valence-electron chi connectivity index (χ2n) is 12.4. The van der Waals surface area contributed by atoms with E-state index in [1.54, 1.807) is 23.1 Å². The molecule has 0 aromatic heterocycles. The maximum absolute atomic E-state index is 13.4. The lowest BCUT2D eigenvalue weighted by Crippen LogP contribution is -2.53. The second-order valence-corrected chi connectivity index (χ2v) is 12.4. The molecule has 2 aliphatic heterocycles. The number of carbonyl (C=O) groups excluding carboxylic acids is 3. The Bertz CT molecular complexity index is 1380. The van der Waals surface area contributed by atoms with E-state index in [2.05, 4.69) is 22.2 Å². The molecular weight excluding hydrogens is 571 g/mol. The smallest absolute Gasteiger partial charge is 0.406 e. The summed E-state index contributed by atoms with van der Waals surface area (Å²) in [4.78, 5) is 42.9. The van der Waals surface area contributed by atoms with E-state index in [4.69, 9.17) is 0 Å². The van der Waals surface area contributed by atoms with Gasteiger partial charge in [-0.3, -0.25) is 14.4 Å². The number of carbonyl (C=O) groups is 3. The first-order valence-corrected chi connectivity index (χ1v) is 15.4. The van der Waals surface area contributed by atoms with Gasteiger partial charge < -0.3 is 19.9 Å². The lowest BCUT2D eigenvalue weighted by molar-refractivity contribution is -0.274. The van der Waals surface area contributed by atoms with Gasteiger partial charge in [0.05, 0.1) is 0 Å². The number of hydrogen-bond acceptors (Lipinski definition) is 4. The molecule has 236 valence electrons. The van der Waals surface area contributed by atoms with Crippen LogP contribution < -0.4 is 10.1 Å². The van der Waals surface area contributed by atoms with Crippen LogP contribution in [0, 0.1) is 26.7 Å². The van der Waals surface area contributed by atoms with E-state index in [1.807, 2.05) is 31.7 Å². The molecule has 44 heavy (non-hydrogen) atoms. The van der Waals surface area contributed by atoms with Crippen molar-refractivity contribution in [2.45, 2.75) is 83.7 Å². The van der Waals surface area contributed by atoms with Crippen LogP contribution in [0.2, 0.25) is 0 Å². The van der Waals surface area contributed by atoms with Crippen LogP contribution in [0.5, 0.6) is 5.75 Å². The molecule has 7 nitrogen and oxygen atoms in total. The first-order chi connectivity index (χ1) is 20.9. The maximum atomic E-state index is 13.4. The normalized spacial score (nSPS) is 22.6. The maximum Gasteiger partial charge on any atom is 0.573 e. The van der Waals surface area contributed by atoms with Gasteiger partial charge in [-0.2, -0.15) is 0 Å². The van der Waals surface area contributed by atoms with Crippen LogP contribution in [0.15, 0.2) is 42.5 Å². The Hall–Kier alpha value is -3.82. The van der Waals surface area contributed by atoms with Gasteiger partial charge >= 0.3 is 6.36 Å². The van der Waals surface area contributed by atoms with Gasteiger partial charge in [-0.15, -0.1) is 13.2 Å². The van der Waals surface area contributed by atoms with Gasteiger partial charge in [-0.05, 0) is 106 Å². The van der Waals surface area contributed by atoms with Crippen LogP contribution in [0.25, 0.3) is 6.08 Å². The van der Waals surface area contributed by atoms with Crippen LogP contribution in [-0.2, 0) is 14.4 Å². The Morgan fingerprint density at radius 1 is 0.932 bits per heavy atom. The molecule has 2 heterocycles. The molecule has 3 amide bonds. The van der Waals surface area contributed by atoms with Gasteiger partial charge in [0.1, 0.15) is 11.8 Å². The summed E-state index contributed by atoms with van der Waals surface area (Å²) in [7, 11) is 0. The van der Waals surface area contributed by atoms with Crippen molar-refractivity contribution >= 4 is 23.8 Å². The number of aryl methyl sites for hydroxylation is 3. The Labute approximate surface area is 256 Å². The van der Waals surface area contributed by atoms with E-state index >= 15 is 0 Å². The van der Waals surface area contributed by atoms with Gasteiger partial charge in [0.15, 0.2) is 0 Å². The molecule has 5 rings (SSSR count). The van der Waals surface area contributed by atoms with Crippen molar-refractivity contribution in [2.24, 2.45) is 5.92 Å². The van der Waals surface area contributed by atoms with Crippen LogP contribution in [0.1, 0.15) is 72.3 Å². The summed E-state index contributed by atoms with van der Waals surface area (Å²) in [6.45, 7) is 7.73. The topological polar surface area (TPSA) is 79.0 Å². The van der Waals surface area contributed by atoms with E-state index in [0.717, 1.165) is 28.7 Å². The summed E-state index contributed by atoms with van der Waals surface area (Å²) >= 11 is 0. The number of hydrogen-bond donors (Lipinski definition) is 1. The number of piperidine rings is 1. The van der Waals surface area contributed by atoms with Crippen LogP contribution in [-0.4, -0.2) is 65.6 Å². The number of ether oxygens (including phenoxy) is 1. The third-order valence-corrected chi connectivity index (χ3v) is 9.20. The van der Waals surface area contributed by atoms with E-state index in [0.29, 0.717) is 51.7 Å². The van der Waals surface area contributed by atoms with Crippen molar-refractivity contribution in [3.05, 3.63) is 70.3 Å². The second kappa shape index (κ2) is 13.0. The fourth-order valence-electron chi connectivity index (χ4n) is 6.81. The minimum Gasteiger partial charge on any atom is -0.406 e. The van der Waals surface area contributed by atoms with Crippen molar-refractivity contribution < 1.29 is 32.3 Å². The van der Waals surface area contributed by atoms with Gasteiger partial charge in [0, 0.05) is 37.7 Å². The largest absolute Gasteiger partial charge is 0.573 e. The summed E-state index contributed by atoms with van der Waals surface area (Å²) in [5, 5.41) is 3.13. The molecule has 2 aromatic carbocycles. The molecule has 0 bridgehead atoms. The van der Waals surface area contributed by atoms with Gasteiger partial charge in [0.2, 0.25) is 17.7 Å². The summed E-state index contributed by atoms with van der Waals surface area (Å²) in [5.41, 5.74) is 5.33. The molecule has 3 fully saturated rings. The van der Waals surface area contributed by atoms with E-state index in [1.165, 1.54) is 17.7 Å². The number of halogens is 3. The standard InChI is InChI=1S/C34H40F3N3O4/c1-21-17-22(2)29(23(3)18-21)10-11-31(41)40-14-4-5-30(40)33(43)39-15-12-27(13-16-39)38-32(42)26-19-25(20-26)24-6-8-28(9-7-24)44-34(35,36)37/h6-11,17-18,25-27,30H,4-5,12-16,19-20H2,1-3H3,(H,38,42)/b11-10+/t25?,26?,30-/m0/s1. The van der Waals surface area contributed by atoms with Crippen molar-refractivity contribution in [3.8, 4) is 5.75 Å². The predicted octanol–water partition coefficient (Wildman–Crippen LogP) is 5.82. The lowest BCUT2D eigenvalue weighted by atomic mass is 9.71. The third kappa shape index (κ3) is 7.45. The van der Waals surface area contributed by atoms with E-state index < -0.39 is 12.4 Å². The number of amides is 3. The van der Waals surface area contributed by atoms with Crippen LogP contribution in [0.3, 0.4) is 0 Å². The average Bonchev–Trinajstić information content (AvgIpc) is 3.42. The minimum atomic E-state index is -4.72. The number of rotatable bonds is 7. The molecule has 1 aliphatic carbocycles. The Kier molecular flexibility index (Phi) is 9.37. The SMILES string of the molecule is Cc1cc(C)c(/C=C/C(=O)N2CCC[C@H]2C(=O)N2CCC(NC(=O)C3CC(c4ccc(OC(F)(F)F)cc4)C3)CC2)c(C)c1. The molecule has 0 spiro atoms. The molecular formula is C34H40F3N3O4. The highest BCUT2D eigenvalue weighted by atomic mass is 19.4. The Morgan fingerprint density at radius 3 is 2.18 bits per heavy atom. The summed E-state index contributed by atoms with van der Waals surface area (Å²) in [6.07, 6.45) is 2.75. The van der Waals surface area contributed by atoms with Gasteiger partial charge in [0.25, 0.3) is 0 Å². The molecule has 1 atom stereocenters. The first kappa shape index (κ1) is 31.6. The Balaban J connectivity index is 1.06. The van der Waals surface area contributed by atoms with Crippen molar-refractivity contribution in [2.75, 3.05) is 19.6 Å². The molecule has 1 N–H and O–H groups in total. The lowest BCUT2D eigenvalue weighted by Gasteiger charge is -2.38. The molecule has 3 aliphatic rings. The van der Waals surface area contributed by atoms with Gasteiger partial charge in [-0.25, -0.2) is 0 Å². The number of benzene rings is 2. The highest BCUT2D eigenvalue weighted by molar-refractivity contribution is 5.96. The number of alkyl halides is 3. The van der Waals surface area contributed by atoms with Crippen LogP contribution in [0.4, 0.5) is 13.2 Å². The van der Waals surface area contributed by atoms with Crippen molar-refractivity contribution in [1.82, 2.24) is 15.1 Å². The summed E-state index contributed by atoms with van der Waals surface area (Å²) in [5.74, 6) is -0.447. The Morgan fingerprint density at radius 2 is 1.57 bits per heavy atom. The highest BCUT2D eigenvalue weighted by Crippen LogP contribution is 2.42. The summed E-state index contributed by atoms with van der Waals surface area (Å²) < 4.78 is 41.1. The zero-order valence-corrected chi connectivity index (χ0v) is 25.5. The number of nitrogens with zero attached hydrogens (tertiary/aromatic N) is 2. The molecule has 2 saturated heterocycles. The minimum absolute atomic E-state index is 0.0125. The fraction of sp³-hybridized carbons (Fsp3) is 0.500. The van der Waals surface area contributed by atoms with Crippen molar-refractivity contribution in [3.63, 3.8) is 0 Å². The zero-order chi connectivity index (χ0) is 31.6. The molecule has 10 heteroatoms. The monoisotopic (exact) mass is 611 g/mol. The highest BCUT2D eigenvalue weighted by Gasteiger charge is 2.39. The molecule has 2 aromatic rings. The molecule has 0 unspecified atom stereocenters. The quantitative estimate of drug-likeness (QED) is 0.401.